The summed E-state index contributed by atoms with van der Waals surface area (Å²) in [6.45, 7) is 9.19. The van der Waals surface area contributed by atoms with E-state index in [0.29, 0.717) is 26.2 Å². The van der Waals surface area contributed by atoms with Gasteiger partial charge in [0.05, 0.1) is 6.04 Å². The summed E-state index contributed by atoms with van der Waals surface area (Å²) in [7, 11) is 0. The van der Waals surface area contributed by atoms with Gasteiger partial charge in [-0.1, -0.05) is 0 Å². The summed E-state index contributed by atoms with van der Waals surface area (Å²) in [6.07, 6.45) is -0.324. The molecule has 0 radical (unpaired) electrons. The van der Waals surface area contributed by atoms with E-state index < -0.39 is 11.6 Å². The fourth-order valence-electron chi connectivity index (χ4n) is 1.72. The molecule has 2 amide bonds. The first kappa shape index (κ1) is 14.8. The molecule has 1 aliphatic heterocycles. The van der Waals surface area contributed by atoms with Gasteiger partial charge in [-0.05, 0) is 27.7 Å². The van der Waals surface area contributed by atoms with E-state index in [1.165, 1.54) is 0 Å². The van der Waals surface area contributed by atoms with Crippen LogP contribution in [-0.4, -0.2) is 59.6 Å². The highest BCUT2D eigenvalue weighted by atomic mass is 16.6. The maximum atomic E-state index is 11.8. The minimum Gasteiger partial charge on any atom is -0.444 e. The van der Waals surface area contributed by atoms with Gasteiger partial charge in [0.1, 0.15) is 5.60 Å². The lowest BCUT2D eigenvalue weighted by Gasteiger charge is -2.36. The highest BCUT2D eigenvalue weighted by Crippen LogP contribution is 2.12. The molecule has 18 heavy (non-hydrogen) atoms. The average Bonchev–Trinajstić information content (AvgIpc) is 2.26. The van der Waals surface area contributed by atoms with Crippen LogP contribution in [0.1, 0.15) is 27.7 Å². The molecule has 0 aliphatic carbocycles. The summed E-state index contributed by atoms with van der Waals surface area (Å²) in [5.41, 5.74) is 5.06. The molecule has 0 aromatic carbocycles. The number of rotatable bonds is 1. The van der Waals surface area contributed by atoms with E-state index in [-0.39, 0.29) is 12.0 Å². The van der Waals surface area contributed by atoms with Crippen LogP contribution >= 0.6 is 0 Å². The second-order valence-electron chi connectivity index (χ2n) is 5.58. The molecule has 0 spiro atoms. The van der Waals surface area contributed by atoms with Crippen molar-refractivity contribution in [1.82, 2.24) is 9.80 Å². The van der Waals surface area contributed by atoms with E-state index in [1.807, 2.05) is 20.8 Å². The fourth-order valence-corrected chi connectivity index (χ4v) is 1.72. The number of nitrogens with zero attached hydrogens (tertiary/aromatic N) is 2. The Morgan fingerprint density at radius 3 is 1.94 bits per heavy atom. The van der Waals surface area contributed by atoms with Gasteiger partial charge in [-0.3, -0.25) is 4.79 Å². The molecule has 2 N–H and O–H groups in total. The molecule has 1 atom stereocenters. The molecule has 0 aromatic heterocycles. The lowest BCUT2D eigenvalue weighted by atomic mass is 10.2. The first-order valence-corrected chi connectivity index (χ1v) is 6.23. The molecule has 6 nitrogen and oxygen atoms in total. The summed E-state index contributed by atoms with van der Waals surface area (Å²) in [6, 6.07) is -0.488. The van der Waals surface area contributed by atoms with Crippen molar-refractivity contribution in [2.45, 2.75) is 39.3 Å². The quantitative estimate of drug-likeness (QED) is 0.738. The van der Waals surface area contributed by atoms with Gasteiger partial charge in [-0.25, -0.2) is 4.79 Å². The number of piperazine rings is 1. The van der Waals surface area contributed by atoms with Crippen molar-refractivity contribution >= 4 is 12.0 Å². The Bertz CT molecular complexity index is 315. The van der Waals surface area contributed by atoms with Gasteiger partial charge >= 0.3 is 6.09 Å². The number of carbonyl (C=O) groups is 2. The highest BCUT2D eigenvalue weighted by molar-refractivity contribution is 5.81. The zero-order valence-corrected chi connectivity index (χ0v) is 11.6. The lowest BCUT2D eigenvalue weighted by molar-refractivity contribution is -0.133. The van der Waals surface area contributed by atoms with Crippen molar-refractivity contribution in [1.29, 1.82) is 0 Å². The second-order valence-corrected chi connectivity index (χ2v) is 5.58. The van der Waals surface area contributed by atoms with Crippen LogP contribution in [-0.2, 0) is 9.53 Å². The smallest absolute Gasteiger partial charge is 0.410 e. The van der Waals surface area contributed by atoms with E-state index >= 15 is 0 Å². The second kappa shape index (κ2) is 5.56. The highest BCUT2D eigenvalue weighted by Gasteiger charge is 2.28. The Hall–Kier alpha value is -1.30. The molecule has 1 unspecified atom stereocenters. The minimum absolute atomic E-state index is 0.0705. The van der Waals surface area contributed by atoms with Crippen molar-refractivity contribution in [2.75, 3.05) is 26.2 Å². The van der Waals surface area contributed by atoms with Crippen LogP contribution in [0, 0.1) is 0 Å². The van der Waals surface area contributed by atoms with Crippen LogP contribution in [0.5, 0.6) is 0 Å². The third-order valence-corrected chi connectivity index (χ3v) is 2.63. The zero-order valence-electron chi connectivity index (χ0n) is 11.6. The fraction of sp³-hybridized carbons (Fsp3) is 0.833. The minimum atomic E-state index is -0.490. The molecule has 6 heteroatoms. The standard InChI is InChI=1S/C12H23N3O3/c1-9(13)10(16)14-5-7-15(8-6-14)11(17)18-12(2,3)4/h9H,5-8,13H2,1-4H3. The predicted molar refractivity (Wildman–Crippen MR) is 68.0 cm³/mol. The third-order valence-electron chi connectivity index (χ3n) is 2.63. The van der Waals surface area contributed by atoms with Crippen molar-refractivity contribution in [3.05, 3.63) is 0 Å². The Morgan fingerprint density at radius 2 is 1.56 bits per heavy atom. The number of ether oxygens (including phenoxy) is 1. The monoisotopic (exact) mass is 257 g/mol. The van der Waals surface area contributed by atoms with Crippen molar-refractivity contribution in [3.63, 3.8) is 0 Å². The summed E-state index contributed by atoms with van der Waals surface area (Å²) in [5.74, 6) is -0.0705. The molecule has 104 valence electrons. The Labute approximate surface area is 108 Å². The van der Waals surface area contributed by atoms with Crippen molar-refractivity contribution in [3.8, 4) is 0 Å². The first-order valence-electron chi connectivity index (χ1n) is 6.23. The SMILES string of the molecule is CC(N)C(=O)N1CCN(C(=O)OC(C)(C)C)CC1. The molecule has 1 aliphatic rings. The number of amides is 2. The molecular formula is C12H23N3O3. The van der Waals surface area contributed by atoms with E-state index in [0.717, 1.165) is 0 Å². The summed E-state index contributed by atoms with van der Waals surface area (Å²) in [4.78, 5) is 26.8. The maximum absolute atomic E-state index is 11.8. The van der Waals surface area contributed by atoms with Crippen molar-refractivity contribution in [2.24, 2.45) is 5.73 Å². The predicted octanol–water partition coefficient (Wildman–Crippen LogP) is 0.413. The van der Waals surface area contributed by atoms with Crippen LogP contribution in [0.2, 0.25) is 0 Å². The lowest BCUT2D eigenvalue weighted by Crippen LogP contribution is -2.54. The van der Waals surface area contributed by atoms with Crippen LogP contribution in [0.25, 0.3) is 0 Å². The van der Waals surface area contributed by atoms with Gasteiger partial charge in [-0.2, -0.15) is 0 Å². The average molecular weight is 257 g/mol. The van der Waals surface area contributed by atoms with E-state index in [2.05, 4.69) is 0 Å². The van der Waals surface area contributed by atoms with E-state index in [4.69, 9.17) is 10.5 Å². The number of nitrogens with two attached hydrogens (primary N) is 1. The van der Waals surface area contributed by atoms with Gasteiger partial charge in [-0.15, -0.1) is 0 Å². The number of hydrogen-bond acceptors (Lipinski definition) is 4. The molecule has 1 saturated heterocycles. The molecule has 0 saturated carbocycles. The molecule has 1 rings (SSSR count). The Kier molecular flexibility index (Phi) is 4.56. The number of hydrogen-bond donors (Lipinski definition) is 1. The molecule has 0 aromatic rings. The van der Waals surface area contributed by atoms with Gasteiger partial charge in [0.25, 0.3) is 0 Å². The normalized spacial score (nSPS) is 18.5. The Morgan fingerprint density at radius 1 is 1.11 bits per heavy atom. The topological polar surface area (TPSA) is 75.9 Å². The Balaban J connectivity index is 2.44. The van der Waals surface area contributed by atoms with Crippen LogP contribution < -0.4 is 5.73 Å². The molecule has 0 bridgehead atoms. The number of carbonyl (C=O) groups excluding carboxylic acids is 2. The van der Waals surface area contributed by atoms with Crippen LogP contribution in [0.3, 0.4) is 0 Å². The zero-order chi connectivity index (χ0) is 13.9. The summed E-state index contributed by atoms with van der Waals surface area (Å²) < 4.78 is 5.28. The van der Waals surface area contributed by atoms with Crippen LogP contribution in [0.15, 0.2) is 0 Å². The summed E-state index contributed by atoms with van der Waals surface area (Å²) >= 11 is 0. The third kappa shape index (κ3) is 4.18. The van der Waals surface area contributed by atoms with Crippen molar-refractivity contribution < 1.29 is 14.3 Å². The van der Waals surface area contributed by atoms with E-state index in [9.17, 15) is 9.59 Å². The largest absolute Gasteiger partial charge is 0.444 e. The first-order chi connectivity index (χ1) is 8.20. The molecule has 1 fully saturated rings. The molecule has 1 heterocycles. The van der Waals surface area contributed by atoms with Gasteiger partial charge in [0.2, 0.25) is 5.91 Å². The van der Waals surface area contributed by atoms with Gasteiger partial charge in [0.15, 0.2) is 0 Å². The summed E-state index contributed by atoms with van der Waals surface area (Å²) in [5, 5.41) is 0. The maximum Gasteiger partial charge on any atom is 0.410 e. The van der Waals surface area contributed by atoms with E-state index in [1.54, 1.807) is 16.7 Å². The van der Waals surface area contributed by atoms with Gasteiger partial charge < -0.3 is 20.3 Å². The van der Waals surface area contributed by atoms with Crippen LogP contribution in [0.4, 0.5) is 4.79 Å². The molecular weight excluding hydrogens is 234 g/mol. The van der Waals surface area contributed by atoms with Gasteiger partial charge in [0, 0.05) is 26.2 Å².